The minimum absolute atomic E-state index is 0.0243. The van der Waals surface area contributed by atoms with Gasteiger partial charge >= 0.3 is 0 Å². The highest BCUT2D eigenvalue weighted by atomic mass is 79.9. The van der Waals surface area contributed by atoms with E-state index in [0.29, 0.717) is 15.1 Å². The molecule has 28 heavy (non-hydrogen) atoms. The number of benzene rings is 3. The first-order valence-electron chi connectivity index (χ1n) is 7.90. The lowest BCUT2D eigenvalue weighted by Gasteiger charge is -2.15. The van der Waals surface area contributed by atoms with E-state index in [1.807, 2.05) is 0 Å². The van der Waals surface area contributed by atoms with Crippen LogP contribution in [0.15, 0.2) is 76.1 Å². The van der Waals surface area contributed by atoms with Gasteiger partial charge in [0.05, 0.1) is 21.3 Å². The fraction of sp³-hybridized carbons (Fsp3) is 0. The van der Waals surface area contributed by atoms with Crippen molar-refractivity contribution >= 4 is 66.4 Å². The van der Waals surface area contributed by atoms with Gasteiger partial charge in [0.15, 0.2) is 0 Å². The van der Waals surface area contributed by atoms with E-state index >= 15 is 0 Å². The monoisotopic (exact) mass is 498 g/mol. The van der Waals surface area contributed by atoms with Crippen molar-refractivity contribution in [3.8, 4) is 0 Å². The van der Waals surface area contributed by atoms with Crippen molar-refractivity contribution in [1.82, 2.24) is 0 Å². The van der Waals surface area contributed by atoms with E-state index in [2.05, 4.69) is 26.0 Å². The molecule has 0 radical (unpaired) electrons. The molecule has 0 spiro atoms. The summed E-state index contributed by atoms with van der Waals surface area (Å²) in [6.07, 6.45) is 0. The van der Waals surface area contributed by atoms with Gasteiger partial charge in [0.1, 0.15) is 0 Å². The van der Waals surface area contributed by atoms with Crippen LogP contribution in [0.25, 0.3) is 0 Å². The minimum Gasteiger partial charge on any atom is -0.320 e. The number of halogens is 3. The molecule has 0 aromatic heterocycles. The number of carbonyl (C=O) groups excluding carboxylic acids is 1. The van der Waals surface area contributed by atoms with Gasteiger partial charge in [-0.3, -0.25) is 9.52 Å². The van der Waals surface area contributed by atoms with Crippen molar-refractivity contribution in [3.63, 3.8) is 0 Å². The van der Waals surface area contributed by atoms with Gasteiger partial charge < -0.3 is 5.32 Å². The molecule has 0 atom stereocenters. The van der Waals surface area contributed by atoms with E-state index in [9.17, 15) is 13.2 Å². The van der Waals surface area contributed by atoms with Crippen LogP contribution in [0.2, 0.25) is 10.0 Å². The first kappa shape index (κ1) is 20.7. The first-order valence-corrected chi connectivity index (χ1v) is 10.9. The van der Waals surface area contributed by atoms with Crippen molar-refractivity contribution in [2.24, 2.45) is 0 Å². The molecular formula is C19H13BrCl2N2O3S. The predicted molar refractivity (Wildman–Crippen MR) is 116 cm³/mol. The predicted octanol–water partition coefficient (Wildman–Crippen LogP) is 5.81. The Kier molecular flexibility index (Phi) is 6.30. The van der Waals surface area contributed by atoms with E-state index in [1.54, 1.807) is 30.3 Å². The summed E-state index contributed by atoms with van der Waals surface area (Å²) < 4.78 is 28.4. The molecule has 9 heteroatoms. The van der Waals surface area contributed by atoms with Gasteiger partial charge in [-0.05, 0) is 64.5 Å². The van der Waals surface area contributed by atoms with Gasteiger partial charge in [0.2, 0.25) is 0 Å². The SMILES string of the molecule is O=C(Nc1cc(Br)c(Cl)cc1NS(=O)(=O)c1ccc(Cl)cc1)c1ccccc1. The topological polar surface area (TPSA) is 75.3 Å². The molecule has 3 aromatic rings. The average molecular weight is 500 g/mol. The Morgan fingerprint density at radius 1 is 0.893 bits per heavy atom. The normalized spacial score (nSPS) is 11.1. The van der Waals surface area contributed by atoms with Crippen LogP contribution < -0.4 is 10.0 Å². The highest BCUT2D eigenvalue weighted by molar-refractivity contribution is 9.10. The molecule has 2 N–H and O–H groups in total. The molecule has 5 nitrogen and oxygen atoms in total. The molecule has 0 unspecified atom stereocenters. The van der Waals surface area contributed by atoms with Crippen LogP contribution in [0.4, 0.5) is 11.4 Å². The third kappa shape index (κ3) is 4.86. The van der Waals surface area contributed by atoms with Crippen molar-refractivity contribution in [1.29, 1.82) is 0 Å². The van der Waals surface area contributed by atoms with E-state index in [-0.39, 0.29) is 27.2 Å². The molecule has 1 amide bonds. The van der Waals surface area contributed by atoms with Crippen LogP contribution in [0.1, 0.15) is 10.4 Å². The average Bonchev–Trinajstić information content (AvgIpc) is 2.66. The van der Waals surface area contributed by atoms with E-state index in [4.69, 9.17) is 23.2 Å². The second-order valence-corrected chi connectivity index (χ2v) is 9.07. The highest BCUT2D eigenvalue weighted by Crippen LogP contribution is 2.34. The standard InChI is InChI=1S/C19H13BrCl2N2O3S/c20-15-10-17(23-19(25)12-4-2-1-3-5-12)18(11-16(15)22)24-28(26,27)14-8-6-13(21)7-9-14/h1-11,24H,(H,23,25). The fourth-order valence-electron chi connectivity index (χ4n) is 2.34. The molecule has 0 heterocycles. The zero-order valence-corrected chi connectivity index (χ0v) is 18.0. The maximum absolute atomic E-state index is 12.7. The first-order chi connectivity index (χ1) is 13.3. The fourth-order valence-corrected chi connectivity index (χ4v) is 4.04. The number of nitrogens with one attached hydrogen (secondary N) is 2. The number of hydrogen-bond acceptors (Lipinski definition) is 3. The summed E-state index contributed by atoms with van der Waals surface area (Å²) in [6.45, 7) is 0. The molecule has 0 bridgehead atoms. The Hall–Kier alpha value is -2.06. The molecule has 3 rings (SSSR count). The summed E-state index contributed by atoms with van der Waals surface area (Å²) in [7, 11) is -3.92. The summed E-state index contributed by atoms with van der Waals surface area (Å²) in [5.74, 6) is -0.387. The van der Waals surface area contributed by atoms with Crippen LogP contribution in [-0.2, 0) is 10.0 Å². The van der Waals surface area contributed by atoms with Crippen LogP contribution >= 0.6 is 39.1 Å². The van der Waals surface area contributed by atoms with Crippen molar-refractivity contribution in [2.75, 3.05) is 10.0 Å². The van der Waals surface area contributed by atoms with Gasteiger partial charge in [0.25, 0.3) is 15.9 Å². The van der Waals surface area contributed by atoms with Crippen molar-refractivity contribution in [2.45, 2.75) is 4.90 Å². The van der Waals surface area contributed by atoms with Gasteiger partial charge in [-0.25, -0.2) is 8.42 Å². The van der Waals surface area contributed by atoms with E-state index in [1.165, 1.54) is 36.4 Å². The number of amides is 1. The third-order valence-corrected chi connectivity index (χ3v) is 6.54. The molecule has 0 saturated carbocycles. The Morgan fingerprint density at radius 2 is 1.54 bits per heavy atom. The Morgan fingerprint density at radius 3 is 2.18 bits per heavy atom. The Labute approximate surface area is 180 Å². The number of anilines is 2. The quantitative estimate of drug-likeness (QED) is 0.465. The Bertz CT molecular complexity index is 1120. The number of rotatable bonds is 5. The molecule has 3 aromatic carbocycles. The lowest BCUT2D eigenvalue weighted by molar-refractivity contribution is 0.102. The number of sulfonamides is 1. The van der Waals surface area contributed by atoms with E-state index in [0.717, 1.165) is 0 Å². The van der Waals surface area contributed by atoms with Crippen molar-refractivity contribution in [3.05, 3.63) is 86.8 Å². The number of hydrogen-bond donors (Lipinski definition) is 2. The molecule has 0 aliphatic heterocycles. The summed E-state index contributed by atoms with van der Waals surface area (Å²) >= 11 is 15.2. The third-order valence-electron chi connectivity index (χ3n) is 3.71. The molecular weight excluding hydrogens is 487 g/mol. The maximum atomic E-state index is 12.7. The molecule has 0 aliphatic carbocycles. The van der Waals surface area contributed by atoms with Gasteiger partial charge in [-0.1, -0.05) is 41.4 Å². The highest BCUT2D eigenvalue weighted by Gasteiger charge is 2.19. The Balaban J connectivity index is 1.95. The second-order valence-electron chi connectivity index (χ2n) is 5.69. The summed E-state index contributed by atoms with van der Waals surface area (Å²) in [4.78, 5) is 12.5. The molecule has 0 aliphatic rings. The lowest BCUT2D eigenvalue weighted by Crippen LogP contribution is -2.17. The zero-order chi connectivity index (χ0) is 20.3. The van der Waals surface area contributed by atoms with Crippen LogP contribution in [0.5, 0.6) is 0 Å². The summed E-state index contributed by atoms with van der Waals surface area (Å²) in [6, 6.07) is 17.2. The van der Waals surface area contributed by atoms with Crippen LogP contribution in [0, 0.1) is 0 Å². The maximum Gasteiger partial charge on any atom is 0.261 e. The molecule has 0 saturated heterocycles. The van der Waals surface area contributed by atoms with Crippen LogP contribution in [0.3, 0.4) is 0 Å². The lowest BCUT2D eigenvalue weighted by atomic mass is 10.2. The van der Waals surface area contributed by atoms with Crippen LogP contribution in [-0.4, -0.2) is 14.3 Å². The van der Waals surface area contributed by atoms with E-state index < -0.39 is 10.0 Å². The van der Waals surface area contributed by atoms with Gasteiger partial charge in [-0.15, -0.1) is 0 Å². The van der Waals surface area contributed by atoms with Gasteiger partial charge in [-0.2, -0.15) is 0 Å². The summed E-state index contributed by atoms with van der Waals surface area (Å²) in [5.41, 5.74) is 0.815. The van der Waals surface area contributed by atoms with Gasteiger partial charge in [0, 0.05) is 15.1 Å². The minimum atomic E-state index is -3.92. The smallest absolute Gasteiger partial charge is 0.261 e. The molecule has 144 valence electrons. The van der Waals surface area contributed by atoms with Crippen molar-refractivity contribution < 1.29 is 13.2 Å². The largest absolute Gasteiger partial charge is 0.320 e. The molecule has 0 fully saturated rings. The zero-order valence-electron chi connectivity index (χ0n) is 14.1. The number of carbonyl (C=O) groups is 1. The second kappa shape index (κ2) is 8.53. The summed E-state index contributed by atoms with van der Waals surface area (Å²) in [5, 5.41) is 3.40.